The van der Waals surface area contributed by atoms with Crippen molar-refractivity contribution in [2.75, 3.05) is 5.32 Å². The van der Waals surface area contributed by atoms with Crippen molar-refractivity contribution < 1.29 is 9.18 Å². The van der Waals surface area contributed by atoms with E-state index in [4.69, 9.17) is 0 Å². The number of carbonyl (C=O) groups excluding carboxylic acids is 1. The molecule has 0 radical (unpaired) electrons. The number of rotatable bonds is 2. The molecule has 6 nitrogen and oxygen atoms in total. The lowest BCUT2D eigenvalue weighted by atomic mass is 9.73. The Morgan fingerprint density at radius 1 is 1.17 bits per heavy atom. The monoisotopic (exact) mass is 389 g/mol. The maximum absolute atomic E-state index is 14.8. The third kappa shape index (κ3) is 2.93. The van der Waals surface area contributed by atoms with Gasteiger partial charge in [0.05, 0.1) is 0 Å². The van der Waals surface area contributed by atoms with Gasteiger partial charge in [0, 0.05) is 41.2 Å². The number of fused-ring (bicyclic) bond motifs is 1. The lowest BCUT2D eigenvalue weighted by Gasteiger charge is -2.38. The SMILES string of the molecule is CC1(C)CC(=O)C2=C(C1)Nc1nc(-c3cccnc3)nn1C2c1ccccc1F. The largest absolute Gasteiger partial charge is 0.328 e. The number of anilines is 1. The smallest absolute Gasteiger partial charge is 0.226 e. The molecule has 3 heterocycles. The Kier molecular flexibility index (Phi) is 3.87. The number of hydrogen-bond donors (Lipinski definition) is 1. The molecule has 1 aromatic carbocycles. The van der Waals surface area contributed by atoms with Gasteiger partial charge in [0.1, 0.15) is 11.9 Å². The number of carbonyl (C=O) groups is 1. The first-order chi connectivity index (χ1) is 13.9. The van der Waals surface area contributed by atoms with Gasteiger partial charge in [0.15, 0.2) is 11.6 Å². The molecule has 0 bridgehead atoms. The number of hydrogen-bond acceptors (Lipinski definition) is 5. The third-order valence-electron chi connectivity index (χ3n) is 5.45. The summed E-state index contributed by atoms with van der Waals surface area (Å²) in [6.45, 7) is 4.13. The minimum absolute atomic E-state index is 0.0149. The summed E-state index contributed by atoms with van der Waals surface area (Å²) in [6, 6.07) is 9.57. The molecule has 0 saturated carbocycles. The van der Waals surface area contributed by atoms with E-state index in [-0.39, 0.29) is 17.0 Å². The summed E-state index contributed by atoms with van der Waals surface area (Å²) >= 11 is 0. The van der Waals surface area contributed by atoms with Crippen molar-refractivity contribution in [3.05, 3.63) is 71.4 Å². The molecule has 0 fully saturated rings. The van der Waals surface area contributed by atoms with Gasteiger partial charge in [-0.15, -0.1) is 5.10 Å². The number of ketones is 1. The van der Waals surface area contributed by atoms with E-state index in [2.05, 4.69) is 34.2 Å². The van der Waals surface area contributed by atoms with E-state index in [1.807, 2.05) is 12.1 Å². The second-order valence-corrected chi connectivity index (χ2v) is 8.33. The van der Waals surface area contributed by atoms with Crippen molar-refractivity contribution in [3.8, 4) is 11.4 Å². The maximum atomic E-state index is 14.8. The van der Waals surface area contributed by atoms with Crippen LogP contribution in [-0.2, 0) is 4.79 Å². The summed E-state index contributed by atoms with van der Waals surface area (Å²) in [6.07, 6.45) is 4.47. The van der Waals surface area contributed by atoms with Gasteiger partial charge >= 0.3 is 0 Å². The average Bonchev–Trinajstić information content (AvgIpc) is 3.10. The van der Waals surface area contributed by atoms with E-state index in [0.717, 1.165) is 11.3 Å². The first kappa shape index (κ1) is 17.7. The molecular weight excluding hydrogens is 369 g/mol. The zero-order valence-electron chi connectivity index (χ0n) is 16.2. The van der Waals surface area contributed by atoms with Crippen LogP contribution in [0.4, 0.5) is 10.3 Å². The highest BCUT2D eigenvalue weighted by atomic mass is 19.1. The number of aromatic nitrogens is 4. The van der Waals surface area contributed by atoms with E-state index in [0.29, 0.717) is 35.8 Å². The number of halogens is 1. The highest BCUT2D eigenvalue weighted by molar-refractivity contribution is 6.00. The summed E-state index contributed by atoms with van der Waals surface area (Å²) in [5.41, 5.74) is 2.38. The summed E-state index contributed by atoms with van der Waals surface area (Å²) < 4.78 is 16.4. The fraction of sp³-hybridized carbons (Fsp3) is 0.273. The molecule has 5 rings (SSSR count). The Labute approximate surface area is 167 Å². The quantitative estimate of drug-likeness (QED) is 0.713. The third-order valence-corrected chi connectivity index (χ3v) is 5.45. The fourth-order valence-corrected chi connectivity index (χ4v) is 4.21. The highest BCUT2D eigenvalue weighted by Gasteiger charge is 2.42. The van der Waals surface area contributed by atoms with Gasteiger partial charge in [0.25, 0.3) is 0 Å². The minimum Gasteiger partial charge on any atom is -0.328 e. The molecule has 0 spiro atoms. The lowest BCUT2D eigenvalue weighted by Crippen LogP contribution is -2.36. The Morgan fingerprint density at radius 3 is 2.76 bits per heavy atom. The van der Waals surface area contributed by atoms with E-state index < -0.39 is 6.04 Å². The summed E-state index contributed by atoms with van der Waals surface area (Å²) in [5, 5.41) is 7.93. The number of pyridine rings is 1. The molecule has 7 heteroatoms. The number of allylic oxidation sites excluding steroid dienone is 2. The molecule has 1 N–H and O–H groups in total. The van der Waals surface area contributed by atoms with E-state index in [9.17, 15) is 9.18 Å². The second-order valence-electron chi connectivity index (χ2n) is 8.33. The van der Waals surface area contributed by atoms with Crippen LogP contribution in [0.2, 0.25) is 0 Å². The van der Waals surface area contributed by atoms with Gasteiger partial charge in [-0.25, -0.2) is 9.07 Å². The number of Topliss-reactive ketones (excluding diaryl/α,β-unsaturated/α-hetero) is 1. The van der Waals surface area contributed by atoms with Crippen LogP contribution in [-0.4, -0.2) is 25.5 Å². The number of nitrogens with zero attached hydrogens (tertiary/aromatic N) is 4. The van der Waals surface area contributed by atoms with E-state index in [1.54, 1.807) is 35.3 Å². The molecule has 1 atom stereocenters. The minimum atomic E-state index is -0.649. The molecule has 0 amide bonds. The Bertz CT molecular complexity index is 1150. The normalized spacial score (nSPS) is 20.1. The molecule has 1 aliphatic carbocycles. The van der Waals surface area contributed by atoms with E-state index in [1.165, 1.54) is 6.07 Å². The van der Waals surface area contributed by atoms with Gasteiger partial charge in [-0.3, -0.25) is 9.78 Å². The first-order valence-electron chi connectivity index (χ1n) is 9.58. The zero-order valence-corrected chi connectivity index (χ0v) is 16.2. The zero-order chi connectivity index (χ0) is 20.2. The van der Waals surface area contributed by atoms with Crippen LogP contribution < -0.4 is 5.32 Å². The molecule has 1 aliphatic heterocycles. The predicted octanol–water partition coefficient (Wildman–Crippen LogP) is 4.14. The standard InChI is InChI=1S/C22H20FN5O/c1-22(2)10-16-18(17(29)11-22)19(14-7-3-4-8-15(14)23)28-21(25-16)26-20(27-28)13-6-5-9-24-12-13/h3-9,12,19H,10-11H2,1-2H3,(H,25,26,27). The topological polar surface area (TPSA) is 72.7 Å². The van der Waals surface area contributed by atoms with Crippen molar-refractivity contribution in [3.63, 3.8) is 0 Å². The number of benzene rings is 1. The highest BCUT2D eigenvalue weighted by Crippen LogP contribution is 2.46. The van der Waals surface area contributed by atoms with Crippen LogP contribution in [0.3, 0.4) is 0 Å². The van der Waals surface area contributed by atoms with Crippen LogP contribution in [0.15, 0.2) is 60.1 Å². The Morgan fingerprint density at radius 2 is 2.00 bits per heavy atom. The Balaban J connectivity index is 1.71. The molecular formula is C22H20FN5O. The number of nitrogens with one attached hydrogen (secondary N) is 1. The van der Waals surface area contributed by atoms with Gasteiger partial charge < -0.3 is 5.32 Å². The van der Waals surface area contributed by atoms with Crippen molar-refractivity contribution in [2.24, 2.45) is 5.41 Å². The average molecular weight is 389 g/mol. The van der Waals surface area contributed by atoms with Crippen LogP contribution >= 0.6 is 0 Å². The van der Waals surface area contributed by atoms with Crippen LogP contribution in [0.1, 0.15) is 38.3 Å². The fourth-order valence-electron chi connectivity index (χ4n) is 4.21. The molecule has 146 valence electrons. The van der Waals surface area contributed by atoms with Crippen LogP contribution in [0.25, 0.3) is 11.4 Å². The first-order valence-corrected chi connectivity index (χ1v) is 9.58. The van der Waals surface area contributed by atoms with Crippen molar-refractivity contribution in [2.45, 2.75) is 32.7 Å². The molecule has 0 saturated heterocycles. The molecule has 3 aromatic rings. The Hall–Kier alpha value is -3.35. The summed E-state index contributed by atoms with van der Waals surface area (Å²) in [5.74, 6) is 0.629. The summed E-state index contributed by atoms with van der Waals surface area (Å²) in [4.78, 5) is 21.9. The molecule has 2 aromatic heterocycles. The molecule has 2 aliphatic rings. The second kappa shape index (κ2) is 6.34. The van der Waals surface area contributed by atoms with Gasteiger partial charge in [-0.05, 0) is 30.0 Å². The molecule has 29 heavy (non-hydrogen) atoms. The van der Waals surface area contributed by atoms with Crippen LogP contribution in [0.5, 0.6) is 0 Å². The van der Waals surface area contributed by atoms with Gasteiger partial charge in [0.2, 0.25) is 5.95 Å². The van der Waals surface area contributed by atoms with Gasteiger partial charge in [-0.2, -0.15) is 4.98 Å². The van der Waals surface area contributed by atoms with Crippen molar-refractivity contribution >= 4 is 11.7 Å². The van der Waals surface area contributed by atoms with Crippen molar-refractivity contribution in [1.29, 1.82) is 0 Å². The van der Waals surface area contributed by atoms with Crippen molar-refractivity contribution in [1.82, 2.24) is 19.7 Å². The summed E-state index contributed by atoms with van der Waals surface area (Å²) in [7, 11) is 0. The maximum Gasteiger partial charge on any atom is 0.226 e. The van der Waals surface area contributed by atoms with Crippen LogP contribution in [0, 0.1) is 11.2 Å². The predicted molar refractivity (Wildman–Crippen MR) is 106 cm³/mol. The van der Waals surface area contributed by atoms with E-state index >= 15 is 0 Å². The molecule has 1 unspecified atom stereocenters. The lowest BCUT2D eigenvalue weighted by molar-refractivity contribution is -0.118. The van der Waals surface area contributed by atoms with Gasteiger partial charge in [-0.1, -0.05) is 32.0 Å².